The number of halogens is 1. The van der Waals surface area contributed by atoms with Gasteiger partial charge in [-0.3, -0.25) is 0 Å². The molecule has 0 atom stereocenters. The summed E-state index contributed by atoms with van der Waals surface area (Å²) < 4.78 is 11.8. The number of anilines is 1. The van der Waals surface area contributed by atoms with Crippen LogP contribution in [0.1, 0.15) is 22.3 Å². The highest BCUT2D eigenvalue weighted by Gasteiger charge is 2.13. The van der Waals surface area contributed by atoms with Crippen molar-refractivity contribution < 1.29 is 9.47 Å². The van der Waals surface area contributed by atoms with Crippen LogP contribution in [0.4, 0.5) is 5.69 Å². The molecule has 4 heteroatoms. The van der Waals surface area contributed by atoms with Crippen molar-refractivity contribution >= 4 is 17.3 Å². The number of ether oxygens (including phenoxy) is 2. The highest BCUT2D eigenvalue weighted by atomic mass is 35.5. The quantitative estimate of drug-likeness (QED) is 0.406. The van der Waals surface area contributed by atoms with Crippen LogP contribution in [0, 0.1) is 6.92 Å². The number of allylic oxidation sites excluding steroid dienone is 1. The molecule has 0 aliphatic carbocycles. The second-order valence-electron chi connectivity index (χ2n) is 6.92. The van der Waals surface area contributed by atoms with Crippen LogP contribution in [-0.2, 0) is 19.6 Å². The van der Waals surface area contributed by atoms with Crippen molar-refractivity contribution in [1.82, 2.24) is 0 Å². The van der Waals surface area contributed by atoms with Crippen LogP contribution < -0.4 is 14.8 Å². The van der Waals surface area contributed by atoms with Crippen molar-refractivity contribution in [2.45, 2.75) is 26.5 Å². The van der Waals surface area contributed by atoms with Gasteiger partial charge >= 0.3 is 0 Å². The summed E-state index contributed by atoms with van der Waals surface area (Å²) in [7, 11) is 1.66. The first-order valence-corrected chi connectivity index (χ1v) is 9.95. The standard InChI is InChI=1S/C25H26ClNO2/c1-4-7-21-13-20(16-27-23-11-5-8-18(2)12-23)15-24(28-3)25(21)29-17-19-9-6-10-22(26)14-19/h4-6,8-15,27H,1,7,16-17H2,2-3H3. The van der Waals surface area contributed by atoms with E-state index in [1.165, 1.54) is 5.56 Å². The SMILES string of the molecule is C=CCc1cc(CNc2cccc(C)c2)cc(OC)c1OCc1cccc(Cl)c1. The van der Waals surface area contributed by atoms with Gasteiger partial charge in [0.25, 0.3) is 0 Å². The van der Waals surface area contributed by atoms with E-state index in [9.17, 15) is 0 Å². The minimum atomic E-state index is 0.419. The van der Waals surface area contributed by atoms with Crippen molar-refractivity contribution in [2.75, 3.05) is 12.4 Å². The molecule has 0 spiro atoms. The summed E-state index contributed by atoms with van der Waals surface area (Å²) in [6.07, 6.45) is 2.57. The molecule has 0 fully saturated rings. The Morgan fingerprint density at radius 2 is 1.86 bits per heavy atom. The maximum Gasteiger partial charge on any atom is 0.165 e. The number of benzene rings is 3. The van der Waals surface area contributed by atoms with E-state index >= 15 is 0 Å². The third kappa shape index (κ3) is 5.78. The summed E-state index contributed by atoms with van der Waals surface area (Å²) in [6, 6.07) is 20.2. The van der Waals surface area contributed by atoms with Gasteiger partial charge in [-0.05, 0) is 66.4 Å². The summed E-state index contributed by atoms with van der Waals surface area (Å²) in [5, 5.41) is 4.17. The van der Waals surface area contributed by atoms with E-state index in [1.54, 1.807) is 7.11 Å². The second-order valence-corrected chi connectivity index (χ2v) is 7.36. The van der Waals surface area contributed by atoms with Crippen LogP contribution >= 0.6 is 11.6 Å². The van der Waals surface area contributed by atoms with Gasteiger partial charge in [0.05, 0.1) is 7.11 Å². The predicted molar refractivity (Wildman–Crippen MR) is 121 cm³/mol. The smallest absolute Gasteiger partial charge is 0.165 e. The highest BCUT2D eigenvalue weighted by Crippen LogP contribution is 2.34. The first-order chi connectivity index (χ1) is 14.1. The molecule has 0 bridgehead atoms. The normalized spacial score (nSPS) is 10.4. The maximum atomic E-state index is 6.13. The molecule has 29 heavy (non-hydrogen) atoms. The Labute approximate surface area is 177 Å². The average molecular weight is 408 g/mol. The molecule has 3 aromatic rings. The van der Waals surface area contributed by atoms with Crippen LogP contribution in [0.5, 0.6) is 11.5 Å². The molecule has 0 radical (unpaired) electrons. The summed E-state index contributed by atoms with van der Waals surface area (Å²) in [6.45, 7) is 7.08. The molecule has 1 N–H and O–H groups in total. The maximum absolute atomic E-state index is 6.13. The molecule has 0 aliphatic rings. The van der Waals surface area contributed by atoms with E-state index in [0.717, 1.165) is 28.1 Å². The lowest BCUT2D eigenvalue weighted by Gasteiger charge is -2.17. The van der Waals surface area contributed by atoms with Gasteiger partial charge in [-0.25, -0.2) is 0 Å². The number of methoxy groups -OCH3 is 1. The van der Waals surface area contributed by atoms with Gasteiger partial charge < -0.3 is 14.8 Å². The van der Waals surface area contributed by atoms with Crippen LogP contribution in [0.2, 0.25) is 5.02 Å². The van der Waals surface area contributed by atoms with E-state index in [2.05, 4.69) is 43.1 Å². The van der Waals surface area contributed by atoms with E-state index < -0.39 is 0 Å². The highest BCUT2D eigenvalue weighted by molar-refractivity contribution is 6.30. The van der Waals surface area contributed by atoms with E-state index in [4.69, 9.17) is 21.1 Å². The Balaban J connectivity index is 1.81. The Morgan fingerprint density at radius 3 is 2.59 bits per heavy atom. The fourth-order valence-electron chi connectivity index (χ4n) is 3.19. The van der Waals surface area contributed by atoms with E-state index in [-0.39, 0.29) is 0 Å². The molecular weight excluding hydrogens is 382 g/mol. The lowest BCUT2D eigenvalue weighted by atomic mass is 10.0. The summed E-state index contributed by atoms with van der Waals surface area (Å²) in [5.41, 5.74) is 5.49. The first kappa shape index (κ1) is 20.8. The van der Waals surface area contributed by atoms with Crippen LogP contribution in [0.3, 0.4) is 0 Å². The average Bonchev–Trinajstić information content (AvgIpc) is 2.71. The molecule has 0 unspecified atom stereocenters. The Morgan fingerprint density at radius 1 is 1.03 bits per heavy atom. The van der Waals surface area contributed by atoms with Crippen molar-refractivity contribution in [3.8, 4) is 11.5 Å². The predicted octanol–water partition coefficient (Wildman–Crippen LogP) is 6.58. The zero-order chi connectivity index (χ0) is 20.6. The van der Waals surface area contributed by atoms with E-state index in [0.29, 0.717) is 30.3 Å². The van der Waals surface area contributed by atoms with Gasteiger partial charge in [0.2, 0.25) is 0 Å². The molecule has 0 saturated heterocycles. The van der Waals surface area contributed by atoms with Crippen molar-refractivity contribution in [3.63, 3.8) is 0 Å². The van der Waals surface area contributed by atoms with Gasteiger partial charge in [0.15, 0.2) is 11.5 Å². The Bertz CT molecular complexity index is 984. The van der Waals surface area contributed by atoms with Gasteiger partial charge in [0.1, 0.15) is 6.61 Å². The molecule has 3 aromatic carbocycles. The van der Waals surface area contributed by atoms with Gasteiger partial charge in [-0.2, -0.15) is 0 Å². The van der Waals surface area contributed by atoms with Crippen molar-refractivity contribution in [2.24, 2.45) is 0 Å². The minimum Gasteiger partial charge on any atom is -0.493 e. The molecule has 0 heterocycles. The molecule has 3 rings (SSSR count). The largest absolute Gasteiger partial charge is 0.493 e. The molecule has 0 aromatic heterocycles. The lowest BCUT2D eigenvalue weighted by molar-refractivity contribution is 0.281. The molecule has 0 amide bonds. The summed E-state index contributed by atoms with van der Waals surface area (Å²) in [4.78, 5) is 0. The van der Waals surface area contributed by atoms with Crippen molar-refractivity contribution in [1.29, 1.82) is 0 Å². The second kappa shape index (κ2) is 10.0. The van der Waals surface area contributed by atoms with Crippen LogP contribution in [0.25, 0.3) is 0 Å². The number of rotatable bonds is 9. The number of nitrogens with one attached hydrogen (secondary N) is 1. The molecule has 0 saturated carbocycles. The molecule has 3 nitrogen and oxygen atoms in total. The summed E-state index contributed by atoms with van der Waals surface area (Å²) >= 11 is 6.08. The lowest BCUT2D eigenvalue weighted by Crippen LogP contribution is -2.05. The Kier molecular flexibility index (Phi) is 7.20. The van der Waals surface area contributed by atoms with Gasteiger partial charge in [0, 0.05) is 22.8 Å². The topological polar surface area (TPSA) is 30.5 Å². The van der Waals surface area contributed by atoms with Crippen molar-refractivity contribution in [3.05, 3.63) is 101 Å². The number of hydrogen-bond acceptors (Lipinski definition) is 3. The fourth-order valence-corrected chi connectivity index (χ4v) is 3.40. The van der Waals surface area contributed by atoms with E-state index in [1.807, 2.05) is 42.5 Å². The fraction of sp³-hybridized carbons (Fsp3) is 0.200. The van der Waals surface area contributed by atoms with Crippen LogP contribution in [0.15, 0.2) is 73.3 Å². The third-order valence-corrected chi connectivity index (χ3v) is 4.80. The van der Waals surface area contributed by atoms with Gasteiger partial charge in [-0.1, -0.05) is 41.9 Å². The zero-order valence-electron chi connectivity index (χ0n) is 16.9. The monoisotopic (exact) mass is 407 g/mol. The molecule has 0 aliphatic heterocycles. The summed E-state index contributed by atoms with van der Waals surface area (Å²) in [5.74, 6) is 1.46. The van der Waals surface area contributed by atoms with Crippen LogP contribution in [-0.4, -0.2) is 7.11 Å². The molecule has 150 valence electrons. The first-order valence-electron chi connectivity index (χ1n) is 9.57. The number of hydrogen-bond donors (Lipinski definition) is 1. The third-order valence-electron chi connectivity index (χ3n) is 4.56. The Hall–Kier alpha value is -2.91. The zero-order valence-corrected chi connectivity index (χ0v) is 17.6. The molecular formula is C25H26ClNO2. The number of aryl methyl sites for hydroxylation is 1. The van der Waals surface area contributed by atoms with Gasteiger partial charge in [-0.15, -0.1) is 6.58 Å². The minimum absolute atomic E-state index is 0.419.